The topological polar surface area (TPSA) is 42.3 Å². The Hall–Kier alpha value is -1.82. The first-order chi connectivity index (χ1) is 12.0. The summed E-state index contributed by atoms with van der Waals surface area (Å²) in [6, 6.07) is 16.8. The number of para-hydroxylation sites is 1. The van der Waals surface area contributed by atoms with Crippen LogP contribution in [0, 0.1) is 0 Å². The molecule has 1 aliphatic rings. The van der Waals surface area contributed by atoms with Crippen LogP contribution in [0.4, 0.5) is 0 Å². The van der Waals surface area contributed by atoms with Crippen molar-refractivity contribution in [1.29, 1.82) is 0 Å². The van der Waals surface area contributed by atoms with Crippen molar-refractivity contribution in [2.24, 2.45) is 7.05 Å². The van der Waals surface area contributed by atoms with Crippen LogP contribution in [-0.4, -0.2) is 30.4 Å². The highest BCUT2D eigenvalue weighted by molar-refractivity contribution is 7.89. The van der Waals surface area contributed by atoms with Gasteiger partial charge in [-0.1, -0.05) is 29.8 Å². The summed E-state index contributed by atoms with van der Waals surface area (Å²) in [6.07, 6.45) is 0.830. The molecule has 1 unspecified atom stereocenters. The van der Waals surface area contributed by atoms with E-state index in [4.69, 9.17) is 11.6 Å². The van der Waals surface area contributed by atoms with E-state index in [1.807, 2.05) is 19.2 Å². The lowest BCUT2D eigenvalue weighted by atomic mass is 10.1. The second kappa shape index (κ2) is 6.16. The molecule has 3 aromatic rings. The molecular formula is C19H19ClN2O2S. The zero-order valence-electron chi connectivity index (χ0n) is 13.9. The molecular weight excluding hydrogens is 356 g/mol. The van der Waals surface area contributed by atoms with Crippen molar-refractivity contribution in [2.75, 3.05) is 13.1 Å². The molecule has 0 spiro atoms. The van der Waals surface area contributed by atoms with Crippen molar-refractivity contribution < 1.29 is 8.42 Å². The largest absolute Gasteiger partial charge is 0.347 e. The molecule has 130 valence electrons. The van der Waals surface area contributed by atoms with Crippen LogP contribution < -0.4 is 0 Å². The van der Waals surface area contributed by atoms with E-state index in [-0.39, 0.29) is 5.92 Å². The van der Waals surface area contributed by atoms with Crippen molar-refractivity contribution in [3.63, 3.8) is 0 Å². The second-order valence-corrected chi connectivity index (χ2v) is 8.86. The number of hydrogen-bond donors (Lipinski definition) is 0. The van der Waals surface area contributed by atoms with Gasteiger partial charge in [-0.05, 0) is 48.2 Å². The fourth-order valence-corrected chi connectivity index (χ4v) is 5.27. The maximum Gasteiger partial charge on any atom is 0.243 e. The third kappa shape index (κ3) is 2.86. The third-order valence-corrected chi connectivity index (χ3v) is 7.14. The summed E-state index contributed by atoms with van der Waals surface area (Å²) in [5.74, 6) is 0.208. The van der Waals surface area contributed by atoms with Crippen LogP contribution in [0.1, 0.15) is 18.0 Å². The van der Waals surface area contributed by atoms with Gasteiger partial charge in [0.15, 0.2) is 0 Å². The highest BCUT2D eigenvalue weighted by Crippen LogP contribution is 2.33. The normalized spacial score (nSPS) is 18.9. The Balaban J connectivity index is 1.62. The van der Waals surface area contributed by atoms with Crippen LogP contribution in [0.3, 0.4) is 0 Å². The molecule has 25 heavy (non-hydrogen) atoms. The quantitative estimate of drug-likeness (QED) is 0.695. The number of halogens is 1. The van der Waals surface area contributed by atoms with E-state index >= 15 is 0 Å². The fourth-order valence-electron chi connectivity index (χ4n) is 3.65. The van der Waals surface area contributed by atoms with Gasteiger partial charge in [0.2, 0.25) is 10.0 Å². The van der Waals surface area contributed by atoms with E-state index in [1.54, 1.807) is 28.6 Å². The van der Waals surface area contributed by atoms with Gasteiger partial charge in [0.25, 0.3) is 0 Å². The summed E-state index contributed by atoms with van der Waals surface area (Å²) >= 11 is 5.87. The monoisotopic (exact) mass is 374 g/mol. The molecule has 6 heteroatoms. The molecule has 0 amide bonds. The maximum absolute atomic E-state index is 12.9. The summed E-state index contributed by atoms with van der Waals surface area (Å²) in [5, 5.41) is 1.73. The molecule has 0 radical (unpaired) electrons. The molecule has 2 aromatic carbocycles. The van der Waals surface area contributed by atoms with Crippen molar-refractivity contribution in [2.45, 2.75) is 17.2 Å². The smallest absolute Gasteiger partial charge is 0.243 e. The van der Waals surface area contributed by atoms with E-state index in [9.17, 15) is 8.42 Å². The van der Waals surface area contributed by atoms with Crippen molar-refractivity contribution in [1.82, 2.24) is 8.87 Å². The maximum atomic E-state index is 12.9. The van der Waals surface area contributed by atoms with E-state index in [0.29, 0.717) is 23.0 Å². The number of rotatable bonds is 3. The van der Waals surface area contributed by atoms with E-state index < -0.39 is 10.0 Å². The SMILES string of the molecule is Cn1c(C2CCN(S(=O)(=O)c3ccc(Cl)cc3)C2)cc2ccccc21. The predicted octanol–water partition coefficient (Wildman–Crippen LogP) is 4.01. The molecule has 0 bridgehead atoms. The van der Waals surface area contributed by atoms with Gasteiger partial charge in [0.1, 0.15) is 0 Å². The highest BCUT2D eigenvalue weighted by atomic mass is 35.5. The van der Waals surface area contributed by atoms with Gasteiger partial charge in [-0.25, -0.2) is 8.42 Å². The first kappa shape index (κ1) is 16.6. The summed E-state index contributed by atoms with van der Waals surface area (Å²) < 4.78 is 29.5. The molecule has 1 aromatic heterocycles. The Morgan fingerprint density at radius 2 is 1.80 bits per heavy atom. The van der Waals surface area contributed by atoms with E-state index in [1.165, 1.54) is 16.6 Å². The molecule has 2 heterocycles. The van der Waals surface area contributed by atoms with E-state index in [2.05, 4.69) is 22.8 Å². The molecule has 1 saturated heterocycles. The molecule has 0 N–H and O–H groups in total. The lowest BCUT2D eigenvalue weighted by molar-refractivity contribution is 0.471. The Bertz CT molecular complexity index is 1030. The number of fused-ring (bicyclic) bond motifs is 1. The van der Waals surface area contributed by atoms with Gasteiger partial charge in [-0.15, -0.1) is 0 Å². The van der Waals surface area contributed by atoms with Gasteiger partial charge in [0.05, 0.1) is 4.90 Å². The summed E-state index contributed by atoms with van der Waals surface area (Å²) in [4.78, 5) is 0.301. The van der Waals surface area contributed by atoms with Gasteiger partial charge in [-0.3, -0.25) is 0 Å². The predicted molar refractivity (Wildman–Crippen MR) is 100 cm³/mol. The molecule has 1 fully saturated rings. The Labute approximate surface area is 152 Å². The summed E-state index contributed by atoms with van der Waals surface area (Å²) in [6.45, 7) is 1.05. The number of sulfonamides is 1. The number of aromatic nitrogens is 1. The molecule has 1 atom stereocenters. The van der Waals surface area contributed by atoms with Crippen LogP contribution in [0.5, 0.6) is 0 Å². The minimum Gasteiger partial charge on any atom is -0.347 e. The van der Waals surface area contributed by atoms with Crippen LogP contribution in [0.2, 0.25) is 5.02 Å². The van der Waals surface area contributed by atoms with Crippen LogP contribution >= 0.6 is 11.6 Å². The molecule has 4 rings (SSSR count). The summed E-state index contributed by atoms with van der Waals surface area (Å²) in [7, 11) is -1.42. The standard InChI is InChI=1S/C19H19ClN2O2S/c1-21-18-5-3-2-4-14(18)12-19(21)15-10-11-22(13-15)25(23,24)17-8-6-16(20)7-9-17/h2-9,12,15H,10-11,13H2,1H3. The van der Waals surface area contributed by atoms with Gasteiger partial charge in [0, 0.05) is 42.3 Å². The fraction of sp³-hybridized carbons (Fsp3) is 0.263. The first-order valence-electron chi connectivity index (χ1n) is 8.27. The number of hydrogen-bond acceptors (Lipinski definition) is 2. The minimum atomic E-state index is -3.47. The van der Waals surface area contributed by atoms with Crippen LogP contribution in [0.25, 0.3) is 10.9 Å². The highest BCUT2D eigenvalue weighted by Gasteiger charge is 2.34. The zero-order valence-corrected chi connectivity index (χ0v) is 15.5. The zero-order chi connectivity index (χ0) is 17.6. The number of nitrogens with zero attached hydrogens (tertiary/aromatic N) is 2. The lowest BCUT2D eigenvalue weighted by Crippen LogP contribution is -2.28. The van der Waals surface area contributed by atoms with Crippen molar-refractivity contribution in [3.8, 4) is 0 Å². The minimum absolute atomic E-state index is 0.208. The number of aryl methyl sites for hydroxylation is 1. The summed E-state index contributed by atoms with van der Waals surface area (Å²) in [5.41, 5.74) is 2.37. The average molecular weight is 375 g/mol. The Morgan fingerprint density at radius 3 is 2.52 bits per heavy atom. The molecule has 1 aliphatic heterocycles. The van der Waals surface area contributed by atoms with Gasteiger partial charge >= 0.3 is 0 Å². The van der Waals surface area contributed by atoms with Gasteiger partial charge in [-0.2, -0.15) is 4.31 Å². The van der Waals surface area contributed by atoms with E-state index in [0.717, 1.165) is 6.42 Å². The van der Waals surface area contributed by atoms with Gasteiger partial charge < -0.3 is 4.57 Å². The Kier molecular flexibility index (Phi) is 4.10. The van der Waals surface area contributed by atoms with Crippen molar-refractivity contribution in [3.05, 3.63) is 65.3 Å². The van der Waals surface area contributed by atoms with Crippen molar-refractivity contribution >= 4 is 32.5 Å². The molecule has 4 nitrogen and oxygen atoms in total. The second-order valence-electron chi connectivity index (χ2n) is 6.49. The Morgan fingerprint density at radius 1 is 1.08 bits per heavy atom. The third-order valence-electron chi connectivity index (χ3n) is 5.01. The molecule has 0 saturated carbocycles. The van der Waals surface area contributed by atoms with Crippen LogP contribution in [-0.2, 0) is 17.1 Å². The van der Waals surface area contributed by atoms with Crippen LogP contribution in [0.15, 0.2) is 59.5 Å². The number of benzene rings is 2. The molecule has 0 aliphatic carbocycles. The lowest BCUT2D eigenvalue weighted by Gasteiger charge is -2.17. The average Bonchev–Trinajstić information content (AvgIpc) is 3.21. The first-order valence-corrected chi connectivity index (χ1v) is 10.1.